The average Bonchev–Trinajstić information content (AvgIpc) is 2.36. The molecule has 0 fully saturated rings. The summed E-state index contributed by atoms with van der Waals surface area (Å²) in [7, 11) is 0. The monoisotopic (exact) mass is 218 g/mol. The third-order valence-electron chi connectivity index (χ3n) is 2.10. The molecule has 0 atom stereocenters. The number of anilines is 1. The average molecular weight is 218 g/mol. The first-order valence-electron chi connectivity index (χ1n) is 4.16. The van der Waals surface area contributed by atoms with E-state index in [1.54, 1.807) is 30.3 Å². The molecule has 0 aliphatic carbocycles. The SMILES string of the molecule is N#Cc1c(N)c(C#N)c(C#N)c(C#N)c1C#N. The van der Waals surface area contributed by atoms with Crippen molar-refractivity contribution in [2.75, 3.05) is 5.73 Å². The molecule has 1 rings (SSSR count). The molecule has 0 unspecified atom stereocenters. The molecule has 0 aromatic heterocycles. The Kier molecular flexibility index (Phi) is 2.94. The Morgan fingerprint density at radius 2 is 0.765 bits per heavy atom. The number of hydrogen-bond donors (Lipinski definition) is 1. The minimum Gasteiger partial charge on any atom is -0.397 e. The van der Waals surface area contributed by atoms with E-state index in [1.165, 1.54) is 0 Å². The van der Waals surface area contributed by atoms with Gasteiger partial charge in [0.15, 0.2) is 0 Å². The highest BCUT2D eigenvalue weighted by atomic mass is 14.6. The molecule has 1 aromatic rings. The molecule has 0 spiro atoms. The normalized spacial score (nSPS) is 7.94. The Balaban J connectivity index is 4.10. The van der Waals surface area contributed by atoms with Crippen LogP contribution in [0.2, 0.25) is 0 Å². The predicted molar refractivity (Wildman–Crippen MR) is 54.4 cm³/mol. The van der Waals surface area contributed by atoms with E-state index in [9.17, 15) is 0 Å². The minimum absolute atomic E-state index is 0.248. The minimum atomic E-state index is -0.294. The fourth-order valence-electron chi connectivity index (χ4n) is 1.34. The lowest BCUT2D eigenvalue weighted by Crippen LogP contribution is -2.05. The summed E-state index contributed by atoms with van der Waals surface area (Å²) in [4.78, 5) is 0. The van der Waals surface area contributed by atoms with Crippen LogP contribution in [0.15, 0.2) is 0 Å². The molecule has 0 saturated carbocycles. The van der Waals surface area contributed by atoms with Gasteiger partial charge in [0.1, 0.15) is 30.3 Å². The third kappa shape index (κ3) is 1.47. The second kappa shape index (κ2) is 4.33. The zero-order valence-corrected chi connectivity index (χ0v) is 8.31. The van der Waals surface area contributed by atoms with Crippen molar-refractivity contribution < 1.29 is 0 Å². The molecule has 1 aromatic carbocycles. The number of nitrogen functional groups attached to an aromatic ring is 1. The third-order valence-corrected chi connectivity index (χ3v) is 2.10. The van der Waals surface area contributed by atoms with Crippen LogP contribution in [0.3, 0.4) is 0 Å². The molecule has 0 bridgehead atoms. The smallest absolute Gasteiger partial charge is 0.103 e. The topological polar surface area (TPSA) is 145 Å². The van der Waals surface area contributed by atoms with Crippen LogP contribution in [0.5, 0.6) is 0 Å². The Bertz CT molecular complexity index is 656. The molecule has 0 radical (unpaired) electrons. The van der Waals surface area contributed by atoms with Crippen molar-refractivity contribution in [2.24, 2.45) is 0 Å². The van der Waals surface area contributed by atoms with E-state index in [-0.39, 0.29) is 33.5 Å². The summed E-state index contributed by atoms with van der Waals surface area (Å²) < 4.78 is 0. The van der Waals surface area contributed by atoms with E-state index >= 15 is 0 Å². The van der Waals surface area contributed by atoms with Gasteiger partial charge in [-0.25, -0.2) is 0 Å². The second-order valence-corrected chi connectivity index (χ2v) is 2.85. The van der Waals surface area contributed by atoms with Crippen LogP contribution in [0.25, 0.3) is 0 Å². The van der Waals surface area contributed by atoms with Gasteiger partial charge in [-0.2, -0.15) is 26.3 Å². The number of benzene rings is 1. The summed E-state index contributed by atoms with van der Waals surface area (Å²) in [5.74, 6) is 0. The van der Waals surface area contributed by atoms with E-state index in [1.807, 2.05) is 0 Å². The molecule has 0 amide bonds. The molecule has 76 valence electrons. The summed E-state index contributed by atoms with van der Waals surface area (Å²) in [6.07, 6.45) is 0. The number of rotatable bonds is 0. The Hall–Kier alpha value is -3.53. The quantitative estimate of drug-likeness (QED) is 0.631. The first kappa shape index (κ1) is 11.5. The van der Waals surface area contributed by atoms with Crippen molar-refractivity contribution in [1.82, 2.24) is 0 Å². The van der Waals surface area contributed by atoms with E-state index in [0.717, 1.165) is 0 Å². The molecule has 6 nitrogen and oxygen atoms in total. The van der Waals surface area contributed by atoms with Crippen LogP contribution < -0.4 is 5.73 Å². The van der Waals surface area contributed by atoms with Crippen LogP contribution >= 0.6 is 0 Å². The van der Waals surface area contributed by atoms with E-state index in [2.05, 4.69) is 0 Å². The van der Waals surface area contributed by atoms with Gasteiger partial charge < -0.3 is 5.73 Å². The molecular weight excluding hydrogens is 216 g/mol. The highest BCUT2D eigenvalue weighted by molar-refractivity contribution is 5.78. The van der Waals surface area contributed by atoms with Crippen LogP contribution in [0, 0.1) is 56.7 Å². The van der Waals surface area contributed by atoms with Crippen LogP contribution in [0.4, 0.5) is 5.69 Å². The Labute approximate surface area is 96.6 Å². The molecule has 0 aliphatic heterocycles. The van der Waals surface area contributed by atoms with Gasteiger partial charge in [-0.1, -0.05) is 0 Å². The van der Waals surface area contributed by atoms with Crippen molar-refractivity contribution in [3.63, 3.8) is 0 Å². The lowest BCUT2D eigenvalue weighted by Gasteiger charge is -2.06. The van der Waals surface area contributed by atoms with E-state index in [4.69, 9.17) is 32.0 Å². The molecule has 2 N–H and O–H groups in total. The zero-order chi connectivity index (χ0) is 13.0. The van der Waals surface area contributed by atoms with Gasteiger partial charge in [0.25, 0.3) is 0 Å². The van der Waals surface area contributed by atoms with Gasteiger partial charge in [-0.05, 0) is 0 Å². The van der Waals surface area contributed by atoms with Gasteiger partial charge in [0.2, 0.25) is 0 Å². The first-order valence-corrected chi connectivity index (χ1v) is 4.16. The first-order chi connectivity index (χ1) is 8.15. The lowest BCUT2D eigenvalue weighted by molar-refractivity contribution is 1.34. The lowest BCUT2D eigenvalue weighted by atomic mass is 9.92. The number of nitriles is 5. The van der Waals surface area contributed by atoms with Gasteiger partial charge in [0, 0.05) is 0 Å². The highest BCUT2D eigenvalue weighted by Crippen LogP contribution is 2.28. The number of nitrogens with two attached hydrogens (primary N) is 1. The van der Waals surface area contributed by atoms with Crippen molar-refractivity contribution in [2.45, 2.75) is 0 Å². The van der Waals surface area contributed by atoms with Crippen LogP contribution in [-0.4, -0.2) is 0 Å². The summed E-state index contributed by atoms with van der Waals surface area (Å²) in [6, 6.07) is 8.25. The maximum absolute atomic E-state index is 8.88. The summed E-state index contributed by atoms with van der Waals surface area (Å²) in [5, 5.41) is 44.3. The Morgan fingerprint density at radius 3 is 1.00 bits per heavy atom. The summed E-state index contributed by atoms with van der Waals surface area (Å²) in [6.45, 7) is 0. The fraction of sp³-hybridized carbons (Fsp3) is 0. The van der Waals surface area contributed by atoms with E-state index < -0.39 is 0 Å². The maximum atomic E-state index is 8.88. The standard InChI is InChI=1S/C11H2N6/c12-1-6-7(2-13)9(4-15)11(17)10(5-16)8(6)3-14/h17H2. The van der Waals surface area contributed by atoms with Crippen molar-refractivity contribution in [3.05, 3.63) is 27.8 Å². The molecule has 17 heavy (non-hydrogen) atoms. The molecule has 0 saturated heterocycles. The second-order valence-electron chi connectivity index (χ2n) is 2.85. The van der Waals surface area contributed by atoms with Crippen molar-refractivity contribution in [3.8, 4) is 30.3 Å². The molecule has 6 heteroatoms. The molecule has 0 aliphatic rings. The summed E-state index contributed by atoms with van der Waals surface area (Å²) in [5.41, 5.74) is 3.93. The van der Waals surface area contributed by atoms with Gasteiger partial charge >= 0.3 is 0 Å². The highest BCUT2D eigenvalue weighted by Gasteiger charge is 2.22. The van der Waals surface area contributed by atoms with E-state index in [0.29, 0.717) is 0 Å². The molecule has 0 heterocycles. The van der Waals surface area contributed by atoms with Gasteiger partial charge in [-0.15, -0.1) is 0 Å². The largest absolute Gasteiger partial charge is 0.397 e. The Morgan fingerprint density at radius 1 is 0.529 bits per heavy atom. The molecular formula is C11H2N6. The van der Waals surface area contributed by atoms with Gasteiger partial charge in [-0.3, -0.25) is 0 Å². The zero-order valence-electron chi connectivity index (χ0n) is 8.31. The number of nitrogens with zero attached hydrogens (tertiary/aromatic N) is 5. The van der Waals surface area contributed by atoms with Crippen molar-refractivity contribution >= 4 is 5.69 Å². The predicted octanol–water partition coefficient (Wildman–Crippen LogP) is 0.627. The van der Waals surface area contributed by atoms with Crippen LogP contribution in [-0.2, 0) is 0 Å². The summed E-state index contributed by atoms with van der Waals surface area (Å²) >= 11 is 0. The van der Waals surface area contributed by atoms with Crippen molar-refractivity contribution in [1.29, 1.82) is 26.3 Å². The fourth-order valence-corrected chi connectivity index (χ4v) is 1.34. The van der Waals surface area contributed by atoms with Gasteiger partial charge in [0.05, 0.1) is 33.5 Å². The van der Waals surface area contributed by atoms with Crippen LogP contribution in [0.1, 0.15) is 27.8 Å². The number of hydrogen-bond acceptors (Lipinski definition) is 6. The maximum Gasteiger partial charge on any atom is 0.103 e.